The molecule has 4 nitrogen and oxygen atoms in total. The number of halogens is 1. The van der Waals surface area contributed by atoms with Gasteiger partial charge in [0.2, 0.25) is 12.3 Å². The maximum Gasteiger partial charge on any atom is 0.242 e. The van der Waals surface area contributed by atoms with Gasteiger partial charge in [-0.1, -0.05) is 0 Å². The number of carbonyl (C=O) groups excluding carboxylic acids is 2. The predicted molar refractivity (Wildman–Crippen MR) is 72.6 cm³/mol. The zero-order valence-electron chi connectivity index (χ0n) is 10.4. The van der Waals surface area contributed by atoms with Crippen LogP contribution in [0.25, 0.3) is 0 Å². The number of carbonyl (C=O) groups is 2. The summed E-state index contributed by atoms with van der Waals surface area (Å²) in [6.07, 6.45) is 2.68. The van der Waals surface area contributed by atoms with Crippen molar-refractivity contribution < 1.29 is 13.5 Å². The highest BCUT2D eigenvalue weighted by molar-refractivity contribution is 7.94. The van der Waals surface area contributed by atoms with Crippen molar-refractivity contribution in [3.05, 3.63) is 24.3 Å². The molecular weight excluding hydrogens is 267 g/mol. The minimum atomic E-state index is -0.0476. The van der Waals surface area contributed by atoms with Gasteiger partial charge in [-0.2, -0.15) is 3.89 Å². The first-order valence-corrected chi connectivity index (χ1v) is 6.84. The van der Waals surface area contributed by atoms with Crippen LogP contribution >= 0.6 is 12.1 Å². The second-order valence-corrected chi connectivity index (χ2v) is 5.02. The fourth-order valence-corrected chi connectivity index (χ4v) is 2.33. The lowest BCUT2D eigenvalue weighted by atomic mass is 10.3. The summed E-state index contributed by atoms with van der Waals surface area (Å²) in [7, 11) is 0. The first kappa shape index (κ1) is 13.9. The zero-order chi connectivity index (χ0) is 13.7. The van der Waals surface area contributed by atoms with E-state index in [9.17, 15) is 13.5 Å². The summed E-state index contributed by atoms with van der Waals surface area (Å²) >= 11 is 0.149. The van der Waals surface area contributed by atoms with E-state index in [4.69, 9.17) is 0 Å². The zero-order valence-corrected chi connectivity index (χ0v) is 11.2. The number of likely N-dealkylation sites (tertiary alicyclic amines) is 1. The smallest absolute Gasteiger partial charge is 0.242 e. The lowest BCUT2D eigenvalue weighted by Crippen LogP contribution is -2.38. The van der Waals surface area contributed by atoms with Crippen LogP contribution in [0.3, 0.4) is 0 Å². The molecule has 0 saturated carbocycles. The maximum absolute atomic E-state index is 12.3. The number of amides is 2. The van der Waals surface area contributed by atoms with Gasteiger partial charge < -0.3 is 9.80 Å². The van der Waals surface area contributed by atoms with Gasteiger partial charge in [-0.05, 0) is 37.1 Å². The van der Waals surface area contributed by atoms with Gasteiger partial charge >= 0.3 is 0 Å². The number of hydrogen-bond donors (Lipinski definition) is 0. The normalized spacial score (nSPS) is 14.5. The molecule has 2 rings (SSSR count). The van der Waals surface area contributed by atoms with E-state index in [0.717, 1.165) is 25.9 Å². The third-order valence-corrected chi connectivity index (χ3v) is 3.60. The fraction of sp³-hybridized carbons (Fsp3) is 0.385. The molecule has 0 atom stereocenters. The van der Waals surface area contributed by atoms with Crippen molar-refractivity contribution in [3.8, 4) is 0 Å². The third-order valence-electron chi connectivity index (χ3n) is 3.15. The van der Waals surface area contributed by atoms with E-state index < -0.39 is 0 Å². The monoisotopic (exact) mass is 282 g/mol. The van der Waals surface area contributed by atoms with Crippen molar-refractivity contribution in [3.63, 3.8) is 0 Å². The van der Waals surface area contributed by atoms with Crippen molar-refractivity contribution in [2.45, 2.75) is 17.7 Å². The summed E-state index contributed by atoms with van der Waals surface area (Å²) in [4.78, 5) is 26.6. The summed E-state index contributed by atoms with van der Waals surface area (Å²) in [5, 5.41) is 0. The summed E-state index contributed by atoms with van der Waals surface area (Å²) in [5.74, 6) is -0.0476. The van der Waals surface area contributed by atoms with Crippen LogP contribution in [0, 0.1) is 0 Å². The van der Waals surface area contributed by atoms with Crippen molar-refractivity contribution in [1.82, 2.24) is 4.90 Å². The highest BCUT2D eigenvalue weighted by atomic mass is 32.2. The Bertz CT molecular complexity index is 446. The molecule has 1 saturated heterocycles. The van der Waals surface area contributed by atoms with Gasteiger partial charge in [-0.3, -0.25) is 9.59 Å². The molecule has 1 aromatic carbocycles. The largest absolute Gasteiger partial charge is 0.341 e. The van der Waals surface area contributed by atoms with Gasteiger partial charge in [-0.15, -0.1) is 0 Å². The second kappa shape index (κ2) is 6.56. The van der Waals surface area contributed by atoms with Crippen LogP contribution in [-0.2, 0) is 9.59 Å². The molecule has 2 amide bonds. The van der Waals surface area contributed by atoms with Gasteiger partial charge in [0.1, 0.15) is 6.54 Å². The molecule has 0 unspecified atom stereocenters. The average molecular weight is 282 g/mol. The summed E-state index contributed by atoms with van der Waals surface area (Å²) < 4.78 is 12.3. The SMILES string of the molecule is O=CN(CC(=O)N1CCCC1)c1ccc(SF)cc1. The molecule has 1 fully saturated rings. The number of nitrogens with zero attached hydrogens (tertiary/aromatic N) is 2. The van der Waals surface area contributed by atoms with Gasteiger partial charge in [0, 0.05) is 23.7 Å². The molecule has 1 aromatic rings. The number of benzene rings is 1. The molecule has 0 radical (unpaired) electrons. The standard InChI is InChI=1S/C13H15FN2O2S/c14-19-12-5-3-11(4-6-12)16(10-17)9-13(18)15-7-1-2-8-15/h3-6,10H,1-2,7-9H2. The van der Waals surface area contributed by atoms with Gasteiger partial charge in [-0.25, -0.2) is 0 Å². The second-order valence-electron chi connectivity index (χ2n) is 4.39. The Morgan fingerprint density at radius 2 is 1.95 bits per heavy atom. The van der Waals surface area contributed by atoms with E-state index >= 15 is 0 Å². The molecule has 102 valence electrons. The Morgan fingerprint density at radius 1 is 1.32 bits per heavy atom. The fourth-order valence-electron chi connectivity index (χ4n) is 2.09. The Kier molecular flexibility index (Phi) is 4.79. The lowest BCUT2D eigenvalue weighted by molar-refractivity contribution is -0.129. The molecule has 0 N–H and O–H groups in total. The Hall–Kier alpha value is -1.56. The summed E-state index contributed by atoms with van der Waals surface area (Å²) in [6, 6.07) is 6.43. The van der Waals surface area contributed by atoms with Crippen LogP contribution in [0.15, 0.2) is 29.2 Å². The predicted octanol–water partition coefficient (Wildman–Crippen LogP) is 2.25. The molecular formula is C13H15FN2O2S. The maximum atomic E-state index is 12.3. The van der Waals surface area contributed by atoms with Crippen LogP contribution in [0.5, 0.6) is 0 Å². The van der Waals surface area contributed by atoms with E-state index in [0.29, 0.717) is 17.0 Å². The first-order chi connectivity index (χ1) is 9.24. The van der Waals surface area contributed by atoms with Gasteiger partial charge in [0.05, 0.1) is 12.1 Å². The molecule has 0 spiro atoms. The van der Waals surface area contributed by atoms with Crippen molar-refractivity contribution in [1.29, 1.82) is 0 Å². The number of rotatable bonds is 5. The lowest BCUT2D eigenvalue weighted by Gasteiger charge is -2.21. The van der Waals surface area contributed by atoms with Gasteiger partial charge in [0.25, 0.3) is 0 Å². The van der Waals surface area contributed by atoms with E-state index in [1.165, 1.54) is 4.90 Å². The first-order valence-electron chi connectivity index (χ1n) is 6.13. The van der Waals surface area contributed by atoms with Crippen LogP contribution in [0.2, 0.25) is 0 Å². The topological polar surface area (TPSA) is 40.6 Å². The third kappa shape index (κ3) is 3.47. The van der Waals surface area contributed by atoms with Crippen LogP contribution < -0.4 is 4.90 Å². The van der Waals surface area contributed by atoms with E-state index in [2.05, 4.69) is 0 Å². The summed E-state index contributed by atoms with van der Waals surface area (Å²) in [5.41, 5.74) is 0.598. The number of hydrogen-bond acceptors (Lipinski definition) is 3. The minimum Gasteiger partial charge on any atom is -0.341 e. The molecule has 0 bridgehead atoms. The molecule has 19 heavy (non-hydrogen) atoms. The molecule has 1 heterocycles. The molecule has 6 heteroatoms. The molecule has 1 aliphatic heterocycles. The van der Waals surface area contributed by atoms with Crippen molar-refractivity contribution in [2.75, 3.05) is 24.5 Å². The van der Waals surface area contributed by atoms with E-state index in [1.54, 1.807) is 29.2 Å². The van der Waals surface area contributed by atoms with Crippen LogP contribution in [0.1, 0.15) is 12.8 Å². The van der Waals surface area contributed by atoms with Gasteiger partial charge in [0.15, 0.2) is 0 Å². The highest BCUT2D eigenvalue weighted by Gasteiger charge is 2.20. The molecule has 1 aliphatic rings. The minimum absolute atomic E-state index is 0.0333. The Labute approximate surface area is 115 Å². The van der Waals surface area contributed by atoms with E-state index in [-0.39, 0.29) is 24.6 Å². The Morgan fingerprint density at radius 3 is 2.47 bits per heavy atom. The van der Waals surface area contributed by atoms with E-state index in [1.807, 2.05) is 0 Å². The van der Waals surface area contributed by atoms with Crippen LogP contribution in [0.4, 0.5) is 9.57 Å². The van der Waals surface area contributed by atoms with Crippen molar-refractivity contribution >= 4 is 30.2 Å². The van der Waals surface area contributed by atoms with Crippen LogP contribution in [-0.4, -0.2) is 36.9 Å². The molecule has 0 aromatic heterocycles. The number of anilines is 1. The Balaban J connectivity index is 2.02. The highest BCUT2D eigenvalue weighted by Crippen LogP contribution is 2.22. The molecule has 0 aliphatic carbocycles. The quantitative estimate of drug-likeness (QED) is 0.778. The van der Waals surface area contributed by atoms with Crippen molar-refractivity contribution in [2.24, 2.45) is 0 Å². The average Bonchev–Trinajstić information content (AvgIpc) is 2.99. The summed E-state index contributed by atoms with van der Waals surface area (Å²) in [6.45, 7) is 1.57.